The van der Waals surface area contributed by atoms with Gasteiger partial charge >= 0.3 is 0 Å². The summed E-state index contributed by atoms with van der Waals surface area (Å²) in [5.74, 6) is 0.853. The van der Waals surface area contributed by atoms with Crippen LogP contribution in [0.5, 0.6) is 0 Å². The van der Waals surface area contributed by atoms with Crippen molar-refractivity contribution in [1.29, 1.82) is 0 Å². The number of amides is 1. The van der Waals surface area contributed by atoms with Crippen LogP contribution in [-0.4, -0.2) is 17.9 Å². The average Bonchev–Trinajstić information content (AvgIpc) is 3.00. The molecule has 3 rings (SSSR count). The Labute approximate surface area is 161 Å². The zero-order valence-electron chi connectivity index (χ0n) is 15.0. The van der Waals surface area contributed by atoms with E-state index in [0.29, 0.717) is 11.7 Å². The third-order valence-corrected chi connectivity index (χ3v) is 6.91. The summed E-state index contributed by atoms with van der Waals surface area (Å²) in [6.07, 6.45) is 0. The Bertz CT molecular complexity index is 811. The van der Waals surface area contributed by atoms with Crippen LogP contribution in [0.4, 0.5) is 0 Å². The van der Waals surface area contributed by atoms with Crippen LogP contribution >= 0.6 is 27.3 Å². The van der Waals surface area contributed by atoms with Crippen LogP contribution in [0, 0.1) is 0 Å². The lowest BCUT2D eigenvalue weighted by Gasteiger charge is -2.46. The van der Waals surface area contributed by atoms with E-state index in [9.17, 15) is 4.79 Å². The zero-order chi connectivity index (χ0) is 18.4. The number of rotatable bonds is 3. The quantitative estimate of drug-likeness (QED) is 0.745. The molecule has 2 atom stereocenters. The van der Waals surface area contributed by atoms with Gasteiger partial charge in [-0.3, -0.25) is 4.79 Å². The number of carbonyl (C=O) groups excluding carboxylic acids is 1. The van der Waals surface area contributed by atoms with Crippen molar-refractivity contribution in [3.63, 3.8) is 0 Å². The summed E-state index contributed by atoms with van der Waals surface area (Å²) >= 11 is 5.18. The first kappa shape index (κ1) is 18.2. The number of hydrogen-bond donors (Lipinski definition) is 1. The highest BCUT2D eigenvalue weighted by Crippen LogP contribution is 2.45. The van der Waals surface area contributed by atoms with E-state index in [0.717, 1.165) is 14.9 Å². The van der Waals surface area contributed by atoms with E-state index in [1.165, 1.54) is 5.56 Å². The highest BCUT2D eigenvalue weighted by atomic mass is 79.9. The zero-order valence-corrected chi connectivity index (χ0v) is 17.4. The Morgan fingerprint density at radius 1 is 1.32 bits per heavy atom. The largest absolute Gasteiger partial charge is 0.361 e. The summed E-state index contributed by atoms with van der Waals surface area (Å²) in [6, 6.07) is 10.5. The minimum atomic E-state index is -0.531. The fourth-order valence-electron chi connectivity index (χ4n) is 3.37. The van der Waals surface area contributed by atoms with E-state index in [-0.39, 0.29) is 11.8 Å². The van der Waals surface area contributed by atoms with Crippen molar-refractivity contribution in [3.05, 3.63) is 68.6 Å². The van der Waals surface area contributed by atoms with Crippen molar-refractivity contribution >= 4 is 33.2 Å². The molecule has 0 radical (unpaired) electrons. The molecule has 1 saturated heterocycles. The smallest absolute Gasteiger partial charge is 0.238 e. The first-order valence-corrected chi connectivity index (χ1v) is 10.0. The number of thiophene rings is 1. The minimum absolute atomic E-state index is 0.0630. The molecule has 132 valence electrons. The number of halogens is 1. The Morgan fingerprint density at radius 3 is 2.48 bits per heavy atom. The van der Waals surface area contributed by atoms with Gasteiger partial charge in [0, 0.05) is 21.8 Å². The van der Waals surface area contributed by atoms with Crippen LogP contribution in [0.15, 0.2) is 52.6 Å². The van der Waals surface area contributed by atoms with Crippen LogP contribution in [0.1, 0.15) is 48.6 Å². The van der Waals surface area contributed by atoms with E-state index in [4.69, 9.17) is 0 Å². The lowest BCUT2D eigenvalue weighted by atomic mass is 9.76. The van der Waals surface area contributed by atoms with Gasteiger partial charge in [0.2, 0.25) is 5.91 Å². The summed E-state index contributed by atoms with van der Waals surface area (Å²) in [4.78, 5) is 15.9. The Hall–Kier alpha value is -1.59. The first-order valence-electron chi connectivity index (χ1n) is 8.33. The molecular formula is C20H23BrN2OS. The van der Waals surface area contributed by atoms with Crippen molar-refractivity contribution in [2.75, 3.05) is 7.05 Å². The summed E-state index contributed by atoms with van der Waals surface area (Å²) < 4.78 is 1.03. The molecule has 25 heavy (non-hydrogen) atoms. The molecule has 0 spiro atoms. The normalized spacial score (nSPS) is 23.9. The van der Waals surface area contributed by atoms with Gasteiger partial charge in [0.05, 0.1) is 11.5 Å². The highest BCUT2D eigenvalue weighted by molar-refractivity contribution is 9.10. The number of likely N-dealkylation sites (N-methyl/N-ethyl adjacent to an activating group) is 1. The molecule has 5 heteroatoms. The summed E-state index contributed by atoms with van der Waals surface area (Å²) in [6.45, 7) is 10.5. The molecule has 3 nitrogen and oxygen atoms in total. The molecule has 2 heterocycles. The standard InChI is InChI=1S/C20H23BrN2OS/c1-12(2)14-6-8-15(9-7-14)18-19(24)23(5)13(3)22-20(18,4)17-10-16(21)11-25-17/h6-12,18,22H,3H2,1-2,4-5H3/t18-,20+/m0/s1. The molecular weight excluding hydrogens is 396 g/mol. The lowest BCUT2D eigenvalue weighted by molar-refractivity contribution is -0.134. The van der Waals surface area contributed by atoms with Crippen LogP contribution in [0.25, 0.3) is 0 Å². The molecule has 2 aromatic rings. The van der Waals surface area contributed by atoms with E-state index >= 15 is 0 Å². The first-order chi connectivity index (χ1) is 11.7. The number of nitrogens with zero attached hydrogens (tertiary/aromatic N) is 1. The van der Waals surface area contributed by atoms with Crippen molar-refractivity contribution in [2.45, 2.75) is 38.1 Å². The molecule has 0 saturated carbocycles. The Morgan fingerprint density at radius 2 is 1.96 bits per heavy atom. The average molecular weight is 419 g/mol. The highest BCUT2D eigenvalue weighted by Gasteiger charge is 2.48. The van der Waals surface area contributed by atoms with Gasteiger partial charge in [-0.1, -0.05) is 44.7 Å². The second-order valence-corrected chi connectivity index (χ2v) is 8.88. The molecule has 1 aromatic heterocycles. The maximum absolute atomic E-state index is 13.2. The Kier molecular flexibility index (Phi) is 4.82. The third-order valence-electron chi connectivity index (χ3n) is 4.98. The number of nitrogens with one attached hydrogen (secondary N) is 1. The molecule has 1 aliphatic rings. The summed E-state index contributed by atoms with van der Waals surface area (Å²) in [7, 11) is 1.77. The SMILES string of the molecule is C=C1N[C@](C)(c2cc(Br)cs2)[C@@H](c2ccc(C(C)C)cc2)C(=O)N1C. The predicted octanol–water partition coefficient (Wildman–Crippen LogP) is 5.17. The van der Waals surface area contributed by atoms with Crippen LogP contribution < -0.4 is 5.32 Å². The van der Waals surface area contributed by atoms with Crippen molar-refractivity contribution in [2.24, 2.45) is 0 Å². The molecule has 0 bridgehead atoms. The van der Waals surface area contributed by atoms with E-state index < -0.39 is 5.54 Å². The molecule has 1 fully saturated rings. The van der Waals surface area contributed by atoms with Gasteiger partial charge < -0.3 is 10.2 Å². The monoisotopic (exact) mass is 418 g/mol. The number of hydrogen-bond acceptors (Lipinski definition) is 3. The fourth-order valence-corrected chi connectivity index (χ4v) is 4.95. The Balaban J connectivity index is 2.10. The van der Waals surface area contributed by atoms with Gasteiger partial charge in [-0.25, -0.2) is 0 Å². The minimum Gasteiger partial charge on any atom is -0.361 e. The van der Waals surface area contributed by atoms with Gasteiger partial charge in [-0.15, -0.1) is 11.3 Å². The third kappa shape index (κ3) is 3.15. The molecule has 1 aliphatic heterocycles. The number of carbonyl (C=O) groups is 1. The molecule has 1 aromatic carbocycles. The van der Waals surface area contributed by atoms with Crippen LogP contribution in [0.3, 0.4) is 0 Å². The van der Waals surface area contributed by atoms with Gasteiger partial charge in [-0.2, -0.15) is 0 Å². The van der Waals surface area contributed by atoms with Gasteiger partial charge in [0.15, 0.2) is 0 Å². The fraction of sp³-hybridized carbons (Fsp3) is 0.350. The summed E-state index contributed by atoms with van der Waals surface area (Å²) in [5.41, 5.74) is 1.77. The van der Waals surface area contributed by atoms with E-state index in [2.05, 4.69) is 78.9 Å². The van der Waals surface area contributed by atoms with E-state index in [1.54, 1.807) is 23.3 Å². The predicted molar refractivity (Wildman–Crippen MR) is 108 cm³/mol. The second kappa shape index (κ2) is 6.61. The maximum Gasteiger partial charge on any atom is 0.238 e. The summed E-state index contributed by atoms with van der Waals surface area (Å²) in [5, 5.41) is 5.54. The molecule has 0 aliphatic carbocycles. The van der Waals surface area contributed by atoms with Gasteiger partial charge in [0.1, 0.15) is 5.82 Å². The van der Waals surface area contributed by atoms with Crippen molar-refractivity contribution < 1.29 is 4.79 Å². The van der Waals surface area contributed by atoms with Crippen LogP contribution in [0.2, 0.25) is 0 Å². The second-order valence-electron chi connectivity index (χ2n) is 7.05. The van der Waals surface area contributed by atoms with E-state index in [1.807, 2.05) is 5.38 Å². The maximum atomic E-state index is 13.2. The van der Waals surface area contributed by atoms with Crippen LogP contribution in [-0.2, 0) is 10.3 Å². The van der Waals surface area contributed by atoms with Gasteiger partial charge in [-0.05, 0) is 46.0 Å². The molecule has 1 amide bonds. The number of benzene rings is 1. The van der Waals surface area contributed by atoms with Crippen molar-refractivity contribution in [3.8, 4) is 0 Å². The van der Waals surface area contributed by atoms with Gasteiger partial charge in [0.25, 0.3) is 0 Å². The van der Waals surface area contributed by atoms with Crippen molar-refractivity contribution in [1.82, 2.24) is 10.2 Å². The molecule has 1 N–H and O–H groups in total. The topological polar surface area (TPSA) is 32.3 Å². The lowest BCUT2D eigenvalue weighted by Crippen LogP contribution is -2.57. The molecule has 0 unspecified atom stereocenters.